The maximum atomic E-state index is 10.9. The van der Waals surface area contributed by atoms with Crippen LogP contribution in [0.15, 0.2) is 22.0 Å². The SMILES string of the molecule is CNC(=O)CON=C1CN(c2ncc(Br)cn2)C1. The van der Waals surface area contributed by atoms with Crippen molar-refractivity contribution in [2.24, 2.45) is 5.16 Å². The lowest BCUT2D eigenvalue weighted by atomic mass is 10.2. The lowest BCUT2D eigenvalue weighted by molar-refractivity contribution is -0.125. The van der Waals surface area contributed by atoms with Crippen LogP contribution in [-0.4, -0.2) is 48.3 Å². The molecule has 0 aliphatic carbocycles. The lowest BCUT2D eigenvalue weighted by Gasteiger charge is -2.31. The minimum atomic E-state index is -0.202. The fraction of sp³-hybridized carbons (Fsp3) is 0.400. The highest BCUT2D eigenvalue weighted by molar-refractivity contribution is 9.10. The highest BCUT2D eigenvalue weighted by Gasteiger charge is 2.24. The monoisotopic (exact) mass is 313 g/mol. The molecule has 1 aromatic heterocycles. The van der Waals surface area contributed by atoms with Gasteiger partial charge in [0.05, 0.1) is 23.3 Å². The Kier molecular flexibility index (Phi) is 4.08. The van der Waals surface area contributed by atoms with E-state index in [4.69, 9.17) is 4.84 Å². The molecular weight excluding hydrogens is 302 g/mol. The minimum absolute atomic E-state index is 0.0607. The number of nitrogens with zero attached hydrogens (tertiary/aromatic N) is 4. The molecule has 1 aromatic rings. The van der Waals surface area contributed by atoms with E-state index in [1.165, 1.54) is 0 Å². The molecule has 96 valence electrons. The largest absolute Gasteiger partial charge is 0.386 e. The van der Waals surface area contributed by atoms with Gasteiger partial charge in [0.15, 0.2) is 6.61 Å². The summed E-state index contributed by atoms with van der Waals surface area (Å²) in [5.74, 6) is 0.454. The van der Waals surface area contributed by atoms with Crippen molar-refractivity contribution < 1.29 is 9.63 Å². The number of likely N-dealkylation sites (N-methyl/N-ethyl adjacent to an activating group) is 1. The summed E-state index contributed by atoms with van der Waals surface area (Å²) in [6.07, 6.45) is 3.39. The van der Waals surface area contributed by atoms with Crippen molar-refractivity contribution in [3.05, 3.63) is 16.9 Å². The molecule has 0 saturated carbocycles. The third kappa shape index (κ3) is 3.16. The second-order valence-electron chi connectivity index (χ2n) is 3.66. The van der Waals surface area contributed by atoms with Gasteiger partial charge in [-0.2, -0.15) is 0 Å². The summed E-state index contributed by atoms with van der Waals surface area (Å²) in [5, 5.41) is 6.31. The quantitative estimate of drug-likeness (QED) is 0.802. The zero-order valence-electron chi connectivity index (χ0n) is 9.76. The van der Waals surface area contributed by atoms with Crippen LogP contribution in [0.1, 0.15) is 0 Å². The van der Waals surface area contributed by atoms with E-state index in [0.29, 0.717) is 19.0 Å². The van der Waals surface area contributed by atoms with Gasteiger partial charge in [-0.15, -0.1) is 0 Å². The van der Waals surface area contributed by atoms with Crippen molar-refractivity contribution in [3.8, 4) is 0 Å². The van der Waals surface area contributed by atoms with Crippen LogP contribution >= 0.6 is 15.9 Å². The van der Waals surface area contributed by atoms with E-state index in [9.17, 15) is 4.79 Å². The standard InChI is InChI=1S/C10H12BrN5O2/c1-12-9(17)6-18-15-8-4-16(5-8)10-13-2-7(11)3-14-10/h2-3H,4-6H2,1H3,(H,12,17). The Morgan fingerprint density at radius 1 is 1.56 bits per heavy atom. The Labute approximate surface area is 112 Å². The topological polar surface area (TPSA) is 79.7 Å². The number of nitrogens with one attached hydrogen (secondary N) is 1. The highest BCUT2D eigenvalue weighted by atomic mass is 79.9. The molecule has 2 heterocycles. The molecule has 1 aliphatic rings. The number of hydrogen-bond donors (Lipinski definition) is 1. The van der Waals surface area contributed by atoms with Gasteiger partial charge in [0, 0.05) is 19.4 Å². The molecule has 0 aromatic carbocycles. The summed E-state index contributed by atoms with van der Waals surface area (Å²) < 4.78 is 0.842. The van der Waals surface area contributed by atoms with Gasteiger partial charge in [0.1, 0.15) is 0 Å². The highest BCUT2D eigenvalue weighted by Crippen LogP contribution is 2.15. The zero-order valence-corrected chi connectivity index (χ0v) is 11.3. The maximum Gasteiger partial charge on any atom is 0.260 e. The molecule has 8 heteroatoms. The van der Waals surface area contributed by atoms with Gasteiger partial charge in [0.2, 0.25) is 5.95 Å². The van der Waals surface area contributed by atoms with Crippen molar-refractivity contribution in [1.29, 1.82) is 0 Å². The van der Waals surface area contributed by atoms with Crippen LogP contribution in [0.3, 0.4) is 0 Å². The molecule has 1 saturated heterocycles. The van der Waals surface area contributed by atoms with Crippen LogP contribution in [-0.2, 0) is 9.63 Å². The Hall–Kier alpha value is -1.70. The molecule has 0 radical (unpaired) electrons. The lowest BCUT2D eigenvalue weighted by Crippen LogP contribution is -2.48. The third-order valence-corrected chi connectivity index (χ3v) is 2.71. The van der Waals surface area contributed by atoms with E-state index in [-0.39, 0.29) is 12.5 Å². The van der Waals surface area contributed by atoms with Crippen molar-refractivity contribution in [2.45, 2.75) is 0 Å². The normalized spacial score (nSPS) is 13.9. The van der Waals surface area contributed by atoms with E-state index < -0.39 is 0 Å². The van der Waals surface area contributed by atoms with Crippen LogP contribution in [0.5, 0.6) is 0 Å². The van der Waals surface area contributed by atoms with Crippen molar-refractivity contribution in [2.75, 3.05) is 31.6 Å². The van der Waals surface area contributed by atoms with E-state index in [2.05, 4.69) is 36.4 Å². The molecule has 0 unspecified atom stereocenters. The number of carbonyl (C=O) groups excluding carboxylic acids is 1. The summed E-state index contributed by atoms with van der Waals surface area (Å²) in [7, 11) is 1.55. The Bertz CT molecular complexity index is 454. The van der Waals surface area contributed by atoms with Gasteiger partial charge in [-0.05, 0) is 15.9 Å². The summed E-state index contributed by atoms with van der Waals surface area (Å²) in [4.78, 5) is 26.1. The first-order chi connectivity index (χ1) is 8.69. The Morgan fingerprint density at radius 3 is 2.83 bits per heavy atom. The van der Waals surface area contributed by atoms with E-state index in [1.807, 2.05) is 4.90 Å². The van der Waals surface area contributed by atoms with Crippen molar-refractivity contribution in [1.82, 2.24) is 15.3 Å². The molecule has 1 N–H and O–H groups in total. The number of oxime groups is 1. The molecule has 0 bridgehead atoms. The Balaban J connectivity index is 1.78. The molecule has 1 fully saturated rings. The molecule has 7 nitrogen and oxygen atoms in total. The van der Waals surface area contributed by atoms with Crippen LogP contribution in [0, 0.1) is 0 Å². The first-order valence-electron chi connectivity index (χ1n) is 5.30. The zero-order chi connectivity index (χ0) is 13.0. The summed E-state index contributed by atoms with van der Waals surface area (Å²) >= 11 is 3.28. The van der Waals surface area contributed by atoms with E-state index >= 15 is 0 Å². The average Bonchev–Trinajstić information content (AvgIpc) is 2.33. The van der Waals surface area contributed by atoms with Crippen LogP contribution in [0.4, 0.5) is 5.95 Å². The van der Waals surface area contributed by atoms with Crippen molar-refractivity contribution in [3.63, 3.8) is 0 Å². The smallest absolute Gasteiger partial charge is 0.260 e. The molecule has 2 rings (SSSR count). The molecule has 0 atom stereocenters. The number of halogens is 1. The molecule has 0 spiro atoms. The molecule has 1 amide bonds. The van der Waals surface area contributed by atoms with Crippen LogP contribution < -0.4 is 10.2 Å². The van der Waals surface area contributed by atoms with Gasteiger partial charge >= 0.3 is 0 Å². The second-order valence-corrected chi connectivity index (χ2v) is 4.58. The molecular formula is C10H12BrN5O2. The number of carbonyl (C=O) groups is 1. The number of anilines is 1. The maximum absolute atomic E-state index is 10.9. The van der Waals surface area contributed by atoms with Gasteiger partial charge in [0.25, 0.3) is 5.91 Å². The molecule has 18 heavy (non-hydrogen) atoms. The molecule has 1 aliphatic heterocycles. The van der Waals surface area contributed by atoms with Gasteiger partial charge < -0.3 is 15.1 Å². The predicted molar refractivity (Wildman–Crippen MR) is 69.4 cm³/mol. The van der Waals surface area contributed by atoms with E-state index in [1.54, 1.807) is 19.4 Å². The van der Waals surface area contributed by atoms with Gasteiger partial charge in [-0.1, -0.05) is 5.16 Å². The predicted octanol–water partition coefficient (Wildman–Crippen LogP) is 0.178. The number of rotatable bonds is 4. The summed E-state index contributed by atoms with van der Waals surface area (Å²) in [5.41, 5.74) is 0.866. The fourth-order valence-corrected chi connectivity index (χ4v) is 1.52. The second kappa shape index (κ2) is 5.76. The van der Waals surface area contributed by atoms with Gasteiger partial charge in [-0.3, -0.25) is 4.79 Å². The minimum Gasteiger partial charge on any atom is -0.386 e. The fourth-order valence-electron chi connectivity index (χ4n) is 1.32. The van der Waals surface area contributed by atoms with Crippen LogP contribution in [0.25, 0.3) is 0 Å². The van der Waals surface area contributed by atoms with E-state index in [0.717, 1.165) is 10.2 Å². The summed E-state index contributed by atoms with van der Waals surface area (Å²) in [6.45, 7) is 1.18. The van der Waals surface area contributed by atoms with Gasteiger partial charge in [-0.25, -0.2) is 9.97 Å². The Morgan fingerprint density at radius 2 is 2.22 bits per heavy atom. The van der Waals surface area contributed by atoms with Crippen LogP contribution in [0.2, 0.25) is 0 Å². The third-order valence-electron chi connectivity index (χ3n) is 2.30. The number of amides is 1. The first kappa shape index (κ1) is 12.7. The number of hydrogen-bond acceptors (Lipinski definition) is 6. The number of aromatic nitrogens is 2. The first-order valence-corrected chi connectivity index (χ1v) is 6.09. The summed E-state index contributed by atoms with van der Waals surface area (Å²) in [6, 6.07) is 0. The average molecular weight is 314 g/mol. The van der Waals surface area contributed by atoms with Crippen molar-refractivity contribution >= 4 is 33.5 Å².